The molecule has 1 aromatic carbocycles. The zero-order valence-electron chi connectivity index (χ0n) is 9.55. The zero-order valence-corrected chi connectivity index (χ0v) is 9.55. The van der Waals surface area contributed by atoms with E-state index in [1.165, 1.54) is 36.7 Å². The number of hydrogen-bond acceptors (Lipinski definition) is 3. The van der Waals surface area contributed by atoms with Crippen molar-refractivity contribution in [2.45, 2.75) is 6.92 Å². The first-order chi connectivity index (χ1) is 8.58. The number of halogens is 1. The van der Waals surface area contributed by atoms with E-state index in [0.717, 1.165) is 0 Å². The van der Waals surface area contributed by atoms with Crippen LogP contribution in [0.3, 0.4) is 0 Å². The Kier molecular flexibility index (Phi) is 3.23. The van der Waals surface area contributed by atoms with Crippen molar-refractivity contribution >= 4 is 5.97 Å². The van der Waals surface area contributed by atoms with E-state index in [-0.39, 0.29) is 17.1 Å². The molecule has 5 heteroatoms. The van der Waals surface area contributed by atoms with Crippen LogP contribution in [-0.4, -0.2) is 16.1 Å². The number of hydrogen-bond donors (Lipinski definition) is 1. The molecule has 0 atom stereocenters. The Morgan fingerprint density at radius 3 is 2.83 bits per heavy atom. The summed E-state index contributed by atoms with van der Waals surface area (Å²) in [5.41, 5.74) is 0.387. The van der Waals surface area contributed by atoms with Crippen molar-refractivity contribution in [1.82, 2.24) is 4.98 Å². The van der Waals surface area contributed by atoms with Crippen LogP contribution in [0.2, 0.25) is 0 Å². The Morgan fingerprint density at radius 1 is 1.39 bits per heavy atom. The highest BCUT2D eigenvalue weighted by Gasteiger charge is 2.12. The van der Waals surface area contributed by atoms with Gasteiger partial charge < -0.3 is 9.84 Å². The fourth-order valence-corrected chi connectivity index (χ4v) is 1.44. The molecule has 0 aliphatic rings. The van der Waals surface area contributed by atoms with E-state index in [1.807, 2.05) is 0 Å². The number of benzene rings is 1. The van der Waals surface area contributed by atoms with E-state index < -0.39 is 5.97 Å². The summed E-state index contributed by atoms with van der Waals surface area (Å²) in [6.45, 7) is 1.60. The largest absolute Gasteiger partial charge is 0.477 e. The Hall–Kier alpha value is -2.43. The minimum absolute atomic E-state index is 0.0421. The maximum atomic E-state index is 13.1. The number of carboxylic acids is 1. The molecule has 1 N–H and O–H groups in total. The lowest BCUT2D eigenvalue weighted by Crippen LogP contribution is -2.00. The second-order valence-corrected chi connectivity index (χ2v) is 3.69. The molecule has 0 saturated carbocycles. The standard InChI is InChI=1S/C13H10FNO3/c1-8-6-9(2-3-11(8)14)18-12-4-5-15-7-10(12)13(16)17/h2-7H,1H3,(H,16,17). The summed E-state index contributed by atoms with van der Waals surface area (Å²) in [5, 5.41) is 8.96. The molecule has 0 unspecified atom stereocenters. The predicted octanol–water partition coefficient (Wildman–Crippen LogP) is 3.02. The van der Waals surface area contributed by atoms with Crippen molar-refractivity contribution in [3.05, 3.63) is 53.6 Å². The molecule has 0 fully saturated rings. The molecule has 0 bridgehead atoms. The summed E-state index contributed by atoms with van der Waals surface area (Å²) < 4.78 is 18.5. The van der Waals surface area contributed by atoms with Crippen LogP contribution < -0.4 is 4.74 Å². The molecule has 2 rings (SSSR count). The first-order valence-electron chi connectivity index (χ1n) is 5.19. The zero-order chi connectivity index (χ0) is 13.1. The van der Waals surface area contributed by atoms with Crippen LogP contribution in [0.15, 0.2) is 36.7 Å². The molecule has 1 aromatic heterocycles. The van der Waals surface area contributed by atoms with Crippen molar-refractivity contribution in [2.75, 3.05) is 0 Å². The minimum atomic E-state index is -1.13. The van der Waals surface area contributed by atoms with E-state index in [4.69, 9.17) is 9.84 Å². The van der Waals surface area contributed by atoms with Crippen molar-refractivity contribution in [3.63, 3.8) is 0 Å². The molecular formula is C13H10FNO3. The van der Waals surface area contributed by atoms with Gasteiger partial charge in [0.1, 0.15) is 22.9 Å². The summed E-state index contributed by atoms with van der Waals surface area (Å²) in [6, 6.07) is 5.66. The van der Waals surface area contributed by atoms with Crippen LogP contribution in [-0.2, 0) is 0 Å². The highest BCUT2D eigenvalue weighted by atomic mass is 19.1. The molecule has 18 heavy (non-hydrogen) atoms. The van der Waals surface area contributed by atoms with E-state index in [9.17, 15) is 9.18 Å². The van der Waals surface area contributed by atoms with Crippen LogP contribution in [0.4, 0.5) is 4.39 Å². The third-order valence-corrected chi connectivity index (χ3v) is 2.37. The van der Waals surface area contributed by atoms with E-state index in [0.29, 0.717) is 11.3 Å². The number of carbonyl (C=O) groups is 1. The molecule has 0 saturated heterocycles. The van der Waals surface area contributed by atoms with Gasteiger partial charge in [0.15, 0.2) is 0 Å². The second kappa shape index (κ2) is 4.83. The van der Waals surface area contributed by atoms with Crippen LogP contribution in [0.1, 0.15) is 15.9 Å². The lowest BCUT2D eigenvalue weighted by atomic mass is 10.2. The van der Waals surface area contributed by atoms with Gasteiger partial charge in [0.2, 0.25) is 0 Å². The fraction of sp³-hybridized carbons (Fsp3) is 0.0769. The average molecular weight is 247 g/mol. The summed E-state index contributed by atoms with van der Waals surface area (Å²) in [6.07, 6.45) is 2.63. The van der Waals surface area contributed by atoms with Crippen LogP contribution in [0.5, 0.6) is 11.5 Å². The van der Waals surface area contributed by atoms with Gasteiger partial charge in [-0.3, -0.25) is 4.98 Å². The third-order valence-electron chi connectivity index (χ3n) is 2.37. The first kappa shape index (κ1) is 12.0. The monoisotopic (exact) mass is 247 g/mol. The Balaban J connectivity index is 2.34. The molecule has 0 amide bonds. The maximum absolute atomic E-state index is 13.1. The summed E-state index contributed by atoms with van der Waals surface area (Å²) >= 11 is 0. The van der Waals surface area contributed by atoms with Gasteiger partial charge in [0.25, 0.3) is 0 Å². The Labute approximate surface area is 103 Å². The predicted molar refractivity (Wildman–Crippen MR) is 62.4 cm³/mol. The smallest absolute Gasteiger partial charge is 0.341 e. The molecule has 0 radical (unpaired) electrons. The van der Waals surface area contributed by atoms with Gasteiger partial charge in [0.05, 0.1) is 0 Å². The van der Waals surface area contributed by atoms with Crippen molar-refractivity contribution in [2.24, 2.45) is 0 Å². The number of pyridine rings is 1. The quantitative estimate of drug-likeness (QED) is 0.905. The molecule has 92 valence electrons. The van der Waals surface area contributed by atoms with Crippen LogP contribution in [0, 0.1) is 12.7 Å². The molecule has 0 aliphatic heterocycles. The molecule has 0 spiro atoms. The maximum Gasteiger partial charge on any atom is 0.341 e. The molecule has 2 aromatic rings. The van der Waals surface area contributed by atoms with Gasteiger partial charge in [-0.1, -0.05) is 0 Å². The highest BCUT2D eigenvalue weighted by molar-refractivity contribution is 5.90. The first-order valence-corrected chi connectivity index (χ1v) is 5.19. The van der Waals surface area contributed by atoms with Crippen LogP contribution >= 0.6 is 0 Å². The number of rotatable bonds is 3. The van der Waals surface area contributed by atoms with Gasteiger partial charge in [-0.2, -0.15) is 0 Å². The average Bonchev–Trinajstić information content (AvgIpc) is 2.34. The second-order valence-electron chi connectivity index (χ2n) is 3.69. The lowest BCUT2D eigenvalue weighted by Gasteiger charge is -2.08. The van der Waals surface area contributed by atoms with E-state index >= 15 is 0 Å². The Bertz CT molecular complexity index is 599. The number of carboxylic acid groups (broad SMARTS) is 1. The number of nitrogens with zero attached hydrogens (tertiary/aromatic N) is 1. The van der Waals surface area contributed by atoms with Crippen LogP contribution in [0.25, 0.3) is 0 Å². The fourth-order valence-electron chi connectivity index (χ4n) is 1.44. The van der Waals surface area contributed by atoms with E-state index in [1.54, 1.807) is 6.92 Å². The Morgan fingerprint density at radius 2 is 2.17 bits per heavy atom. The molecule has 4 nitrogen and oxygen atoms in total. The van der Waals surface area contributed by atoms with Crippen molar-refractivity contribution in [1.29, 1.82) is 0 Å². The molecule has 0 aliphatic carbocycles. The highest BCUT2D eigenvalue weighted by Crippen LogP contribution is 2.25. The van der Waals surface area contributed by atoms with E-state index in [2.05, 4.69) is 4.98 Å². The summed E-state index contributed by atoms with van der Waals surface area (Å²) in [7, 11) is 0. The molecular weight excluding hydrogens is 237 g/mol. The SMILES string of the molecule is Cc1cc(Oc2ccncc2C(=O)O)ccc1F. The van der Waals surface area contributed by atoms with Gasteiger partial charge in [-0.15, -0.1) is 0 Å². The number of aromatic carboxylic acids is 1. The van der Waals surface area contributed by atoms with Crippen molar-refractivity contribution < 1.29 is 19.0 Å². The number of aromatic nitrogens is 1. The van der Waals surface area contributed by atoms with Crippen molar-refractivity contribution in [3.8, 4) is 11.5 Å². The summed E-state index contributed by atoms with van der Waals surface area (Å²) in [4.78, 5) is 14.7. The third kappa shape index (κ3) is 2.45. The minimum Gasteiger partial charge on any atom is -0.477 e. The number of ether oxygens (including phenoxy) is 1. The van der Waals surface area contributed by atoms with Gasteiger partial charge in [0, 0.05) is 18.5 Å². The normalized spacial score (nSPS) is 10.1. The van der Waals surface area contributed by atoms with Gasteiger partial charge in [-0.25, -0.2) is 9.18 Å². The topological polar surface area (TPSA) is 59.4 Å². The summed E-state index contributed by atoms with van der Waals surface area (Å²) in [5.74, 6) is -0.918. The van der Waals surface area contributed by atoms with Gasteiger partial charge >= 0.3 is 5.97 Å². The molecule has 1 heterocycles. The van der Waals surface area contributed by atoms with Gasteiger partial charge in [-0.05, 0) is 30.7 Å². The number of aryl methyl sites for hydroxylation is 1. The lowest BCUT2D eigenvalue weighted by molar-refractivity contribution is 0.0693.